The molecule has 0 radical (unpaired) electrons. The highest BCUT2D eigenvalue weighted by Crippen LogP contribution is 2.35. The Morgan fingerprint density at radius 3 is 2.51 bits per heavy atom. The lowest BCUT2D eigenvalue weighted by Gasteiger charge is -2.09. The first-order chi connectivity index (χ1) is 16.7. The van der Waals surface area contributed by atoms with Gasteiger partial charge >= 0.3 is 0 Å². The second-order valence-electron chi connectivity index (χ2n) is 7.75. The number of aromatic nitrogens is 2. The van der Waals surface area contributed by atoms with Gasteiger partial charge in [0, 0.05) is 13.5 Å². The van der Waals surface area contributed by atoms with Crippen LogP contribution >= 0.6 is 23.2 Å². The predicted molar refractivity (Wildman–Crippen MR) is 137 cm³/mol. The summed E-state index contributed by atoms with van der Waals surface area (Å²) in [5.74, 6) is 0.447. The molecule has 11 heteroatoms. The van der Waals surface area contributed by atoms with Crippen molar-refractivity contribution in [1.29, 1.82) is 0 Å². The minimum absolute atomic E-state index is 0.0756. The zero-order valence-electron chi connectivity index (χ0n) is 18.9. The van der Waals surface area contributed by atoms with Crippen LogP contribution in [0.1, 0.15) is 18.1 Å². The molecule has 4 rings (SSSR count). The van der Waals surface area contributed by atoms with Crippen molar-refractivity contribution in [1.82, 2.24) is 15.1 Å². The molecule has 1 amide bonds. The number of nitrogens with zero attached hydrogens (tertiary/aromatic N) is 2. The molecule has 0 atom stereocenters. The number of rotatable bonds is 8. The Morgan fingerprint density at radius 1 is 1.06 bits per heavy atom. The number of anilines is 1. The van der Waals surface area contributed by atoms with Gasteiger partial charge in [-0.05, 0) is 35.4 Å². The Morgan fingerprint density at radius 2 is 1.77 bits per heavy atom. The summed E-state index contributed by atoms with van der Waals surface area (Å²) in [4.78, 5) is 11.1. The van der Waals surface area contributed by atoms with Crippen LogP contribution in [0.5, 0.6) is 5.75 Å². The van der Waals surface area contributed by atoms with E-state index in [-0.39, 0.29) is 26.7 Å². The predicted octanol–water partition coefficient (Wildman–Crippen LogP) is 4.84. The molecule has 3 aromatic carbocycles. The molecular weight excluding hydrogens is 511 g/mol. The number of carbonyl (C=O) groups is 1. The van der Waals surface area contributed by atoms with E-state index in [0.717, 1.165) is 11.1 Å². The number of ether oxygens (including phenoxy) is 1. The number of fused-ring (bicyclic) bond motifs is 1. The average molecular weight is 533 g/mol. The van der Waals surface area contributed by atoms with E-state index >= 15 is 0 Å². The van der Waals surface area contributed by atoms with Crippen molar-refractivity contribution in [3.05, 3.63) is 81.8 Å². The quantitative estimate of drug-likeness (QED) is 0.338. The summed E-state index contributed by atoms with van der Waals surface area (Å²) in [6.45, 7) is 2.23. The SMILES string of the molecule is COc1cccc2c1c(NS(=O)(=O)c1cccc(Cl)c1Cl)nn2Cc1cccc(CNC(C)=O)c1. The zero-order chi connectivity index (χ0) is 25.2. The first kappa shape index (κ1) is 24.8. The van der Waals surface area contributed by atoms with Crippen LogP contribution in [0.25, 0.3) is 10.9 Å². The maximum Gasteiger partial charge on any atom is 0.264 e. The molecule has 182 valence electrons. The average Bonchev–Trinajstić information content (AvgIpc) is 3.16. The normalized spacial score (nSPS) is 11.4. The number of sulfonamides is 1. The molecule has 4 aromatic rings. The summed E-state index contributed by atoms with van der Waals surface area (Å²) in [6.07, 6.45) is 0. The largest absolute Gasteiger partial charge is 0.496 e. The third-order valence-electron chi connectivity index (χ3n) is 5.26. The molecule has 0 aliphatic carbocycles. The Hall–Kier alpha value is -3.27. The fourth-order valence-corrected chi connectivity index (χ4v) is 5.44. The Labute approximate surface area is 212 Å². The van der Waals surface area contributed by atoms with Crippen molar-refractivity contribution >= 4 is 55.9 Å². The molecule has 0 bridgehead atoms. The summed E-state index contributed by atoms with van der Waals surface area (Å²) < 4.78 is 36.1. The van der Waals surface area contributed by atoms with Gasteiger partial charge in [0.05, 0.1) is 34.6 Å². The number of hydrogen-bond acceptors (Lipinski definition) is 5. The third-order valence-corrected chi connectivity index (χ3v) is 7.57. The minimum atomic E-state index is -4.10. The molecule has 1 aromatic heterocycles. The number of nitrogens with one attached hydrogen (secondary N) is 2. The molecule has 0 spiro atoms. The van der Waals surface area contributed by atoms with Gasteiger partial charge in [0.15, 0.2) is 5.82 Å². The van der Waals surface area contributed by atoms with Gasteiger partial charge < -0.3 is 10.1 Å². The summed E-state index contributed by atoms with van der Waals surface area (Å²) in [5, 5.41) is 7.89. The van der Waals surface area contributed by atoms with Crippen LogP contribution in [0.4, 0.5) is 5.82 Å². The van der Waals surface area contributed by atoms with Crippen LogP contribution in [0, 0.1) is 0 Å². The van der Waals surface area contributed by atoms with Crippen LogP contribution in [0.15, 0.2) is 65.6 Å². The molecule has 2 N–H and O–H groups in total. The number of amides is 1. The summed E-state index contributed by atoms with van der Waals surface area (Å²) >= 11 is 12.2. The second-order valence-corrected chi connectivity index (χ2v) is 10.2. The summed E-state index contributed by atoms with van der Waals surface area (Å²) in [5.41, 5.74) is 2.53. The van der Waals surface area contributed by atoms with Crippen molar-refractivity contribution in [2.24, 2.45) is 0 Å². The van der Waals surface area contributed by atoms with E-state index in [4.69, 9.17) is 27.9 Å². The molecule has 0 saturated heterocycles. The smallest absolute Gasteiger partial charge is 0.264 e. The van der Waals surface area contributed by atoms with E-state index in [1.165, 1.54) is 32.2 Å². The minimum Gasteiger partial charge on any atom is -0.496 e. The van der Waals surface area contributed by atoms with Gasteiger partial charge in [0.1, 0.15) is 10.6 Å². The van der Waals surface area contributed by atoms with Gasteiger partial charge in [-0.25, -0.2) is 8.42 Å². The lowest BCUT2D eigenvalue weighted by molar-refractivity contribution is -0.119. The third kappa shape index (κ3) is 5.37. The number of hydrogen-bond donors (Lipinski definition) is 2. The molecule has 0 fully saturated rings. The van der Waals surface area contributed by atoms with E-state index < -0.39 is 10.0 Å². The van der Waals surface area contributed by atoms with Gasteiger partial charge in [0.25, 0.3) is 10.0 Å². The van der Waals surface area contributed by atoms with Gasteiger partial charge in [-0.2, -0.15) is 5.10 Å². The monoisotopic (exact) mass is 532 g/mol. The lowest BCUT2D eigenvalue weighted by Crippen LogP contribution is -2.19. The van der Waals surface area contributed by atoms with Gasteiger partial charge in [0.2, 0.25) is 5.91 Å². The summed E-state index contributed by atoms with van der Waals surface area (Å²) in [7, 11) is -2.60. The second kappa shape index (κ2) is 10.2. The molecule has 0 aliphatic heterocycles. The van der Waals surface area contributed by atoms with E-state index in [0.29, 0.717) is 29.7 Å². The van der Waals surface area contributed by atoms with Crippen molar-refractivity contribution in [3.63, 3.8) is 0 Å². The topological polar surface area (TPSA) is 102 Å². The Balaban J connectivity index is 1.74. The molecule has 35 heavy (non-hydrogen) atoms. The fraction of sp³-hybridized carbons (Fsp3) is 0.167. The Kier molecular flexibility index (Phi) is 7.20. The fourth-order valence-electron chi connectivity index (χ4n) is 3.67. The molecule has 0 saturated carbocycles. The highest BCUT2D eigenvalue weighted by molar-refractivity contribution is 7.92. The van der Waals surface area contributed by atoms with Crippen molar-refractivity contribution in [2.45, 2.75) is 24.9 Å². The number of benzene rings is 3. The highest BCUT2D eigenvalue weighted by atomic mass is 35.5. The molecular formula is C24H22Cl2N4O4S. The lowest BCUT2D eigenvalue weighted by atomic mass is 10.1. The molecule has 0 unspecified atom stereocenters. The van der Waals surface area contributed by atoms with E-state index in [2.05, 4.69) is 15.1 Å². The van der Waals surface area contributed by atoms with Crippen LogP contribution < -0.4 is 14.8 Å². The number of halogens is 2. The maximum atomic E-state index is 13.2. The van der Waals surface area contributed by atoms with Gasteiger partial charge in [-0.1, -0.05) is 59.6 Å². The Bertz CT molecular complexity index is 1520. The number of carbonyl (C=O) groups excluding carboxylic acids is 1. The zero-order valence-corrected chi connectivity index (χ0v) is 21.2. The highest BCUT2D eigenvalue weighted by Gasteiger charge is 2.24. The molecule has 0 aliphatic rings. The van der Waals surface area contributed by atoms with Crippen LogP contribution in [-0.4, -0.2) is 31.2 Å². The van der Waals surface area contributed by atoms with Crippen LogP contribution in [0.3, 0.4) is 0 Å². The van der Waals surface area contributed by atoms with E-state index in [9.17, 15) is 13.2 Å². The van der Waals surface area contributed by atoms with Crippen molar-refractivity contribution in [2.75, 3.05) is 11.8 Å². The van der Waals surface area contributed by atoms with Gasteiger partial charge in [-0.3, -0.25) is 14.2 Å². The van der Waals surface area contributed by atoms with Crippen LogP contribution in [-0.2, 0) is 27.9 Å². The first-order valence-corrected chi connectivity index (χ1v) is 12.8. The van der Waals surface area contributed by atoms with Crippen molar-refractivity contribution < 1.29 is 17.9 Å². The molecule has 8 nitrogen and oxygen atoms in total. The van der Waals surface area contributed by atoms with Crippen molar-refractivity contribution in [3.8, 4) is 5.75 Å². The molecule has 1 heterocycles. The number of methoxy groups -OCH3 is 1. The van der Waals surface area contributed by atoms with Gasteiger partial charge in [-0.15, -0.1) is 0 Å². The van der Waals surface area contributed by atoms with E-state index in [1.54, 1.807) is 16.8 Å². The van der Waals surface area contributed by atoms with E-state index in [1.807, 2.05) is 30.3 Å². The maximum absolute atomic E-state index is 13.2. The van der Waals surface area contributed by atoms with Crippen LogP contribution in [0.2, 0.25) is 10.0 Å². The standard InChI is InChI=1S/C24H22Cl2N4O4S/c1-15(31)27-13-16-6-3-7-17(12-16)14-30-19-9-5-10-20(34-2)22(19)24(28-30)29-35(32,33)21-11-4-8-18(25)23(21)26/h3-12H,13-14H2,1-2H3,(H,27,31)(H,28,29). The first-order valence-electron chi connectivity index (χ1n) is 10.5. The summed E-state index contributed by atoms with van der Waals surface area (Å²) in [6, 6.07) is 17.4.